The molecule has 0 aliphatic carbocycles. The fourth-order valence-corrected chi connectivity index (χ4v) is 5.81. The summed E-state index contributed by atoms with van der Waals surface area (Å²) in [4.78, 5) is 3.69. The Morgan fingerprint density at radius 3 is 2.18 bits per heavy atom. The maximum absolute atomic E-state index is 14.6. The van der Waals surface area contributed by atoms with Crippen molar-refractivity contribution in [2.45, 2.75) is 23.4 Å². The van der Waals surface area contributed by atoms with Crippen molar-refractivity contribution < 1.29 is 26.0 Å². The number of sulfonamides is 1. The minimum atomic E-state index is -4.66. The molecule has 0 amide bonds. The molecule has 7 nitrogen and oxygen atoms in total. The van der Waals surface area contributed by atoms with E-state index < -0.39 is 38.4 Å². The lowest BCUT2D eigenvalue weighted by Gasteiger charge is -2.30. The van der Waals surface area contributed by atoms with Crippen molar-refractivity contribution in [3.8, 4) is 0 Å². The number of benzene rings is 4. The van der Waals surface area contributed by atoms with Gasteiger partial charge in [0.05, 0.1) is 21.7 Å². The maximum Gasteiger partial charge on any atom is 0.416 e. The van der Waals surface area contributed by atoms with Gasteiger partial charge in [-0.05, 0) is 66.1 Å². The average Bonchev–Trinajstić information content (AvgIpc) is 3.01. The number of aliphatic imine (C=N–C) groups is 1. The summed E-state index contributed by atoms with van der Waals surface area (Å²) in [6.07, 6.45) is -4.19. The Balaban J connectivity index is 1.65. The molecule has 1 aliphatic heterocycles. The highest BCUT2D eigenvalue weighted by atomic mass is 79.9. The first kappa shape index (κ1) is 31.1. The Morgan fingerprint density at radius 1 is 0.909 bits per heavy atom. The van der Waals surface area contributed by atoms with Crippen LogP contribution in [0.2, 0.25) is 0 Å². The third-order valence-electron chi connectivity index (χ3n) is 6.81. The van der Waals surface area contributed by atoms with Crippen LogP contribution >= 0.6 is 15.9 Å². The van der Waals surface area contributed by atoms with Crippen LogP contribution in [0.15, 0.2) is 127 Å². The molecule has 0 spiro atoms. The number of hydrogen-bond acceptors (Lipinski definition) is 3. The van der Waals surface area contributed by atoms with Gasteiger partial charge in [0.1, 0.15) is 11.7 Å². The van der Waals surface area contributed by atoms with E-state index in [1.54, 1.807) is 0 Å². The zero-order valence-electron chi connectivity index (χ0n) is 22.8. The normalized spacial score (nSPS) is 16.5. The summed E-state index contributed by atoms with van der Waals surface area (Å²) >= 11 is 3.43. The van der Waals surface area contributed by atoms with Crippen LogP contribution < -0.4 is 5.73 Å². The van der Waals surface area contributed by atoms with Gasteiger partial charge >= 0.3 is 6.18 Å². The predicted molar refractivity (Wildman–Crippen MR) is 164 cm³/mol. The summed E-state index contributed by atoms with van der Waals surface area (Å²) in [6.45, 7) is 0.148. The van der Waals surface area contributed by atoms with Gasteiger partial charge in [-0.15, -0.1) is 4.40 Å². The summed E-state index contributed by atoms with van der Waals surface area (Å²) in [5, 5.41) is 6.02. The van der Waals surface area contributed by atoms with Gasteiger partial charge in [0.25, 0.3) is 16.0 Å². The molecule has 1 aliphatic rings. The van der Waals surface area contributed by atoms with Gasteiger partial charge in [0.2, 0.25) is 0 Å². The molecule has 0 saturated heterocycles. The summed E-state index contributed by atoms with van der Waals surface area (Å²) in [5.41, 5.74) is 7.35. The smallest absolute Gasteiger partial charge is 0.383 e. The second-order valence-corrected chi connectivity index (χ2v) is 12.3. The second kappa shape index (κ2) is 12.7. The zero-order chi connectivity index (χ0) is 31.5. The van der Waals surface area contributed by atoms with Gasteiger partial charge in [0.15, 0.2) is 0 Å². The largest absolute Gasteiger partial charge is 0.416 e. The molecule has 5 rings (SSSR count). The predicted octanol–water partition coefficient (Wildman–Crippen LogP) is 6.95. The van der Waals surface area contributed by atoms with Gasteiger partial charge < -0.3 is 5.73 Å². The first-order chi connectivity index (χ1) is 20.9. The van der Waals surface area contributed by atoms with Crippen LogP contribution in [0.3, 0.4) is 0 Å². The number of guanidine groups is 1. The molecule has 1 unspecified atom stereocenters. The number of hydrogen-bond donors (Lipinski definition) is 1. The number of nitrogens with two attached hydrogens (primary N) is 1. The lowest BCUT2D eigenvalue weighted by atomic mass is 9.86. The summed E-state index contributed by atoms with van der Waals surface area (Å²) < 4.78 is 85.3. The van der Waals surface area contributed by atoms with Crippen LogP contribution in [0.4, 0.5) is 17.6 Å². The summed E-state index contributed by atoms with van der Waals surface area (Å²) in [5.74, 6) is -1.71. The van der Waals surface area contributed by atoms with Crippen molar-refractivity contribution >= 4 is 43.5 Å². The van der Waals surface area contributed by atoms with Crippen molar-refractivity contribution in [1.29, 1.82) is 0 Å². The summed E-state index contributed by atoms with van der Waals surface area (Å²) in [6, 6.07) is 25.5. The number of hydrazone groups is 1. The average molecular weight is 687 g/mol. The van der Waals surface area contributed by atoms with Crippen LogP contribution in [0.5, 0.6) is 0 Å². The van der Waals surface area contributed by atoms with E-state index in [-0.39, 0.29) is 23.9 Å². The Kier molecular flexibility index (Phi) is 8.97. The molecule has 0 aromatic heterocycles. The standard InChI is InChI=1S/C31H24BrF4N5O2S/c32-23-14-10-21(11-15-23)28-25(20-6-2-1-3-7-20)18-19-41(39-28)30(38-29(37)26-8-4-5-9-27(26)33)40-44(42,43)24-16-12-22(13-17-24)31(34,35)36/h1-17,25H,18-19H2,(H2,37,38,40). The van der Waals surface area contributed by atoms with Crippen LogP contribution in [0.1, 0.15) is 34.6 Å². The Morgan fingerprint density at radius 2 is 1.55 bits per heavy atom. The van der Waals surface area contributed by atoms with Gasteiger partial charge in [-0.1, -0.05) is 70.5 Å². The van der Waals surface area contributed by atoms with Crippen LogP contribution in [0, 0.1) is 5.82 Å². The van der Waals surface area contributed by atoms with E-state index in [1.165, 1.54) is 29.3 Å². The van der Waals surface area contributed by atoms with E-state index >= 15 is 0 Å². The van der Waals surface area contributed by atoms with E-state index in [0.29, 0.717) is 24.3 Å². The number of alkyl halides is 3. The zero-order valence-corrected chi connectivity index (χ0v) is 25.2. The van der Waals surface area contributed by atoms with E-state index in [1.807, 2.05) is 54.6 Å². The minimum absolute atomic E-state index is 0.0941. The molecular formula is C31H24BrF4N5O2S. The van der Waals surface area contributed by atoms with Crippen molar-refractivity contribution in [3.05, 3.63) is 136 Å². The highest BCUT2D eigenvalue weighted by Crippen LogP contribution is 2.32. The Hall–Kier alpha value is -4.36. The SMILES string of the molecule is N/C(=N\C(=N\S(=O)(=O)c1ccc(C(F)(F)F)cc1)N1CCC(c2ccccc2)C(c2ccc(Br)cc2)=N1)c1ccccc1F. The quantitative estimate of drug-likeness (QED) is 0.140. The number of halogens is 5. The highest BCUT2D eigenvalue weighted by Gasteiger charge is 2.32. The van der Waals surface area contributed by atoms with E-state index in [0.717, 1.165) is 27.7 Å². The van der Waals surface area contributed by atoms with E-state index in [2.05, 4.69) is 25.3 Å². The van der Waals surface area contributed by atoms with Crippen LogP contribution in [-0.4, -0.2) is 37.5 Å². The van der Waals surface area contributed by atoms with Crippen molar-refractivity contribution in [2.24, 2.45) is 20.2 Å². The second-order valence-electron chi connectivity index (χ2n) is 9.73. The molecule has 0 bridgehead atoms. The van der Waals surface area contributed by atoms with Gasteiger partial charge in [-0.2, -0.15) is 31.7 Å². The third kappa shape index (κ3) is 7.05. The highest BCUT2D eigenvalue weighted by molar-refractivity contribution is 9.10. The van der Waals surface area contributed by atoms with E-state index in [9.17, 15) is 26.0 Å². The monoisotopic (exact) mass is 685 g/mol. The molecule has 2 N–H and O–H groups in total. The van der Waals surface area contributed by atoms with Crippen molar-refractivity contribution in [2.75, 3.05) is 6.54 Å². The molecule has 0 radical (unpaired) electrons. The number of rotatable bonds is 5. The molecule has 0 fully saturated rings. The van der Waals surface area contributed by atoms with Crippen LogP contribution in [0.25, 0.3) is 0 Å². The van der Waals surface area contributed by atoms with Gasteiger partial charge in [0, 0.05) is 16.9 Å². The van der Waals surface area contributed by atoms with Crippen LogP contribution in [-0.2, 0) is 16.2 Å². The molecule has 0 saturated carbocycles. The molecule has 13 heteroatoms. The molecular weight excluding hydrogens is 662 g/mol. The Labute approximate surface area is 259 Å². The maximum atomic E-state index is 14.6. The molecule has 1 atom stereocenters. The fraction of sp³-hybridized carbons (Fsp3) is 0.129. The Bertz CT molecular complexity index is 1840. The van der Waals surface area contributed by atoms with Crippen molar-refractivity contribution in [3.63, 3.8) is 0 Å². The van der Waals surface area contributed by atoms with E-state index in [4.69, 9.17) is 10.8 Å². The van der Waals surface area contributed by atoms with Crippen molar-refractivity contribution in [1.82, 2.24) is 5.01 Å². The molecule has 4 aromatic carbocycles. The molecule has 1 heterocycles. The molecule has 44 heavy (non-hydrogen) atoms. The molecule has 4 aromatic rings. The number of amidine groups is 1. The lowest BCUT2D eigenvalue weighted by Crippen LogP contribution is -2.36. The van der Waals surface area contributed by atoms with Gasteiger partial charge in [-0.25, -0.2) is 9.40 Å². The fourth-order valence-electron chi connectivity index (χ4n) is 4.61. The third-order valence-corrected chi connectivity index (χ3v) is 8.61. The topological polar surface area (TPSA) is 100 Å². The first-order valence-electron chi connectivity index (χ1n) is 13.2. The lowest BCUT2D eigenvalue weighted by molar-refractivity contribution is -0.137. The van der Waals surface area contributed by atoms with Gasteiger partial charge in [-0.3, -0.25) is 0 Å². The first-order valence-corrected chi connectivity index (χ1v) is 15.4. The molecule has 226 valence electrons. The number of nitrogens with zero attached hydrogens (tertiary/aromatic N) is 4. The minimum Gasteiger partial charge on any atom is -0.383 e. The summed E-state index contributed by atoms with van der Waals surface area (Å²) in [7, 11) is -4.62.